The molecule has 0 bridgehead atoms. The second-order valence-corrected chi connectivity index (χ2v) is 4.73. The van der Waals surface area contributed by atoms with E-state index in [4.69, 9.17) is 4.74 Å². The minimum absolute atomic E-state index is 0.0365. The molecule has 0 saturated carbocycles. The highest BCUT2D eigenvalue weighted by molar-refractivity contribution is 5.30. The fourth-order valence-corrected chi connectivity index (χ4v) is 2.17. The Morgan fingerprint density at radius 3 is 2.27 bits per heavy atom. The van der Waals surface area contributed by atoms with Gasteiger partial charge in [-0.05, 0) is 20.3 Å². The van der Waals surface area contributed by atoms with Crippen LogP contribution in [-0.4, -0.2) is 11.2 Å². The second-order valence-electron chi connectivity index (χ2n) is 4.73. The molecule has 0 aromatic heterocycles. The van der Waals surface area contributed by atoms with Crippen LogP contribution in [0.4, 0.5) is 0 Å². The Hall–Kier alpha value is -0.300. The predicted molar refractivity (Wildman–Crippen MR) is 45.4 cm³/mol. The first kappa shape index (κ1) is 7.35. The van der Waals surface area contributed by atoms with Gasteiger partial charge in [0.2, 0.25) is 0 Å². The van der Waals surface area contributed by atoms with Gasteiger partial charge in [0.05, 0.1) is 0 Å². The number of ether oxygens (including phenoxy) is 1. The number of epoxide rings is 1. The van der Waals surface area contributed by atoms with Gasteiger partial charge in [-0.15, -0.1) is 0 Å². The van der Waals surface area contributed by atoms with Crippen molar-refractivity contribution in [1.82, 2.24) is 0 Å². The predicted octanol–water partition coefficient (Wildman–Crippen LogP) is 2.52. The van der Waals surface area contributed by atoms with Crippen molar-refractivity contribution in [2.45, 2.75) is 45.3 Å². The molecular weight excluding hydrogens is 136 g/mol. The first-order valence-electron chi connectivity index (χ1n) is 4.29. The molecule has 2 aliphatic rings. The molecule has 1 fully saturated rings. The van der Waals surface area contributed by atoms with Crippen LogP contribution in [0, 0.1) is 5.41 Å². The van der Waals surface area contributed by atoms with Crippen molar-refractivity contribution >= 4 is 0 Å². The summed E-state index contributed by atoms with van der Waals surface area (Å²) in [7, 11) is 0. The highest BCUT2D eigenvalue weighted by Crippen LogP contribution is 2.62. The van der Waals surface area contributed by atoms with Crippen LogP contribution >= 0.6 is 0 Å². The summed E-state index contributed by atoms with van der Waals surface area (Å²) in [5.41, 5.74) is 0.431. The minimum Gasteiger partial charge on any atom is -0.358 e. The third-order valence-corrected chi connectivity index (χ3v) is 3.68. The number of hydrogen-bond acceptors (Lipinski definition) is 1. The van der Waals surface area contributed by atoms with E-state index in [0.29, 0.717) is 5.41 Å². The van der Waals surface area contributed by atoms with Gasteiger partial charge in [0.25, 0.3) is 0 Å². The van der Waals surface area contributed by atoms with E-state index < -0.39 is 0 Å². The van der Waals surface area contributed by atoms with Crippen LogP contribution in [0.25, 0.3) is 0 Å². The first-order chi connectivity index (χ1) is 4.91. The summed E-state index contributed by atoms with van der Waals surface area (Å²) in [6.45, 7) is 8.95. The summed E-state index contributed by atoms with van der Waals surface area (Å²) in [6, 6.07) is 0. The Balaban J connectivity index is 2.41. The van der Waals surface area contributed by atoms with Crippen LogP contribution in [-0.2, 0) is 4.74 Å². The Kier molecular flexibility index (Phi) is 1.04. The summed E-state index contributed by atoms with van der Waals surface area (Å²) in [4.78, 5) is 0. The summed E-state index contributed by atoms with van der Waals surface area (Å²) < 4.78 is 5.78. The molecule has 1 aliphatic carbocycles. The largest absolute Gasteiger partial charge is 0.358 e. The number of rotatable bonds is 0. The molecule has 0 N–H and O–H groups in total. The van der Waals surface area contributed by atoms with Crippen LogP contribution in [0.5, 0.6) is 0 Å². The fourth-order valence-electron chi connectivity index (χ4n) is 2.17. The van der Waals surface area contributed by atoms with Crippen LogP contribution in [0.3, 0.4) is 0 Å². The molecule has 1 heterocycles. The Morgan fingerprint density at radius 1 is 1.18 bits per heavy atom. The molecule has 0 aromatic rings. The van der Waals surface area contributed by atoms with Gasteiger partial charge in [-0.3, -0.25) is 0 Å². The third kappa shape index (κ3) is 0.652. The molecule has 2 rings (SSSR count). The van der Waals surface area contributed by atoms with E-state index in [-0.39, 0.29) is 11.2 Å². The lowest BCUT2D eigenvalue weighted by atomic mass is 9.68. The maximum Gasteiger partial charge on any atom is 0.113 e. The van der Waals surface area contributed by atoms with Crippen molar-refractivity contribution in [1.29, 1.82) is 0 Å². The van der Waals surface area contributed by atoms with Crippen molar-refractivity contribution < 1.29 is 4.74 Å². The lowest BCUT2D eigenvalue weighted by molar-refractivity contribution is 0.157. The quantitative estimate of drug-likeness (QED) is 0.384. The van der Waals surface area contributed by atoms with Gasteiger partial charge in [0.15, 0.2) is 0 Å². The molecule has 1 aliphatic heterocycles. The molecule has 0 radical (unpaired) electrons. The van der Waals surface area contributed by atoms with Crippen molar-refractivity contribution in [3.63, 3.8) is 0 Å². The number of allylic oxidation sites excluding steroid dienone is 1. The third-order valence-electron chi connectivity index (χ3n) is 3.68. The molecule has 1 nitrogen and oxygen atoms in total. The molecule has 0 amide bonds. The maximum atomic E-state index is 5.78. The maximum absolute atomic E-state index is 5.78. The van der Waals surface area contributed by atoms with Crippen molar-refractivity contribution in [2.75, 3.05) is 0 Å². The molecule has 0 spiro atoms. The number of hydrogen-bond donors (Lipinski definition) is 0. The molecule has 62 valence electrons. The van der Waals surface area contributed by atoms with E-state index in [1.807, 2.05) is 0 Å². The summed E-state index contributed by atoms with van der Waals surface area (Å²) in [6.07, 6.45) is 5.59. The second kappa shape index (κ2) is 1.56. The van der Waals surface area contributed by atoms with Crippen molar-refractivity contribution in [3.05, 3.63) is 12.2 Å². The molecule has 2 atom stereocenters. The highest BCUT2D eigenvalue weighted by Gasteiger charge is 2.69. The van der Waals surface area contributed by atoms with E-state index in [1.54, 1.807) is 0 Å². The summed E-state index contributed by atoms with van der Waals surface area (Å²) >= 11 is 0. The van der Waals surface area contributed by atoms with Crippen LogP contribution < -0.4 is 0 Å². The zero-order valence-electron chi connectivity index (χ0n) is 7.77. The zero-order chi connectivity index (χ0) is 8.33. The fraction of sp³-hybridized carbons (Fsp3) is 0.800. The van der Waals surface area contributed by atoms with Gasteiger partial charge >= 0.3 is 0 Å². The Morgan fingerprint density at radius 2 is 1.82 bits per heavy atom. The summed E-state index contributed by atoms with van der Waals surface area (Å²) in [5, 5.41) is 0. The minimum atomic E-state index is 0.0365. The molecule has 1 heteroatoms. The summed E-state index contributed by atoms with van der Waals surface area (Å²) in [5.74, 6) is 0. The van der Waals surface area contributed by atoms with Crippen molar-refractivity contribution in [2.24, 2.45) is 5.41 Å². The van der Waals surface area contributed by atoms with Gasteiger partial charge in [-0.1, -0.05) is 26.0 Å². The molecule has 0 aromatic carbocycles. The molecule has 1 saturated heterocycles. The SMILES string of the molecule is CC1(C)CC=CC2(C)OC12C. The topological polar surface area (TPSA) is 12.5 Å². The lowest BCUT2D eigenvalue weighted by Gasteiger charge is -2.32. The van der Waals surface area contributed by atoms with E-state index in [9.17, 15) is 0 Å². The van der Waals surface area contributed by atoms with Gasteiger partial charge in [0, 0.05) is 5.41 Å². The van der Waals surface area contributed by atoms with Gasteiger partial charge in [-0.2, -0.15) is 0 Å². The van der Waals surface area contributed by atoms with Crippen LogP contribution in [0.15, 0.2) is 12.2 Å². The normalized spacial score (nSPS) is 52.0. The molecule has 11 heavy (non-hydrogen) atoms. The van der Waals surface area contributed by atoms with E-state index in [1.165, 1.54) is 0 Å². The van der Waals surface area contributed by atoms with E-state index >= 15 is 0 Å². The van der Waals surface area contributed by atoms with Gasteiger partial charge < -0.3 is 4.74 Å². The highest BCUT2D eigenvalue weighted by atomic mass is 16.6. The number of fused-ring (bicyclic) bond motifs is 1. The van der Waals surface area contributed by atoms with E-state index in [2.05, 4.69) is 39.8 Å². The smallest absolute Gasteiger partial charge is 0.113 e. The van der Waals surface area contributed by atoms with Gasteiger partial charge in [-0.25, -0.2) is 0 Å². The average molecular weight is 152 g/mol. The Bertz CT molecular complexity index is 229. The van der Waals surface area contributed by atoms with Crippen LogP contribution in [0.1, 0.15) is 34.1 Å². The monoisotopic (exact) mass is 152 g/mol. The Labute approximate surface area is 68.4 Å². The van der Waals surface area contributed by atoms with Crippen molar-refractivity contribution in [3.8, 4) is 0 Å². The zero-order valence-corrected chi connectivity index (χ0v) is 7.77. The lowest BCUT2D eigenvalue weighted by Crippen LogP contribution is -2.37. The molecule has 2 unspecified atom stereocenters. The first-order valence-corrected chi connectivity index (χ1v) is 4.29. The van der Waals surface area contributed by atoms with Gasteiger partial charge in [0.1, 0.15) is 11.2 Å². The molecular formula is C10H16O. The van der Waals surface area contributed by atoms with E-state index in [0.717, 1.165) is 6.42 Å². The standard InChI is InChI=1S/C10H16O/c1-8(2)6-5-7-9(3)10(8,4)11-9/h5,7H,6H2,1-4H3. The van der Waals surface area contributed by atoms with Crippen LogP contribution in [0.2, 0.25) is 0 Å². The average Bonchev–Trinajstić information content (AvgIpc) is 2.36.